The van der Waals surface area contributed by atoms with Gasteiger partial charge in [0.15, 0.2) is 0 Å². The molecule has 0 aliphatic carbocycles. The van der Waals surface area contributed by atoms with Crippen molar-refractivity contribution >= 4 is 11.6 Å². The van der Waals surface area contributed by atoms with Crippen LogP contribution < -0.4 is 0 Å². The lowest BCUT2D eigenvalue weighted by molar-refractivity contribution is 0.584. The molecule has 0 unspecified atom stereocenters. The molecule has 0 atom stereocenters. The molecule has 0 saturated carbocycles. The summed E-state index contributed by atoms with van der Waals surface area (Å²) in [5.74, 6) is -0.0738. The van der Waals surface area contributed by atoms with E-state index in [0.717, 1.165) is 16.7 Å². The van der Waals surface area contributed by atoms with E-state index in [2.05, 4.69) is 9.97 Å². The largest absolute Gasteiger partial charge is 0.264 e. The number of pyridine rings is 2. The molecule has 2 nitrogen and oxygen atoms in total. The highest BCUT2D eigenvalue weighted by molar-refractivity contribution is 6.17. The molecule has 0 bridgehead atoms. The molecular formula is C11H8ClFN2. The molecule has 0 amide bonds. The van der Waals surface area contributed by atoms with Crippen molar-refractivity contribution < 1.29 is 4.39 Å². The van der Waals surface area contributed by atoms with Crippen LogP contribution in [-0.4, -0.2) is 9.97 Å². The van der Waals surface area contributed by atoms with Crippen molar-refractivity contribution in [3.05, 3.63) is 48.3 Å². The zero-order valence-corrected chi connectivity index (χ0v) is 8.58. The van der Waals surface area contributed by atoms with E-state index >= 15 is 0 Å². The Bertz CT molecular complexity index is 456. The lowest BCUT2D eigenvalue weighted by Gasteiger charge is -2.01. The summed E-state index contributed by atoms with van der Waals surface area (Å²) in [7, 11) is 0. The first kappa shape index (κ1) is 10.1. The molecule has 76 valence electrons. The minimum atomic E-state index is -0.486. The van der Waals surface area contributed by atoms with Gasteiger partial charge in [-0.2, -0.15) is 4.39 Å². The molecule has 0 spiro atoms. The van der Waals surface area contributed by atoms with E-state index in [1.54, 1.807) is 18.5 Å². The van der Waals surface area contributed by atoms with Crippen molar-refractivity contribution in [2.24, 2.45) is 0 Å². The maximum Gasteiger partial charge on any atom is 0.212 e. The van der Waals surface area contributed by atoms with Gasteiger partial charge in [0, 0.05) is 35.6 Å². The summed E-state index contributed by atoms with van der Waals surface area (Å²) in [6.45, 7) is 0. The van der Waals surface area contributed by atoms with Crippen LogP contribution in [0.25, 0.3) is 11.1 Å². The molecule has 2 aromatic rings. The fourth-order valence-electron chi connectivity index (χ4n) is 1.27. The summed E-state index contributed by atoms with van der Waals surface area (Å²) in [5, 5.41) is 0. The minimum Gasteiger partial charge on any atom is -0.264 e. The Hall–Kier alpha value is -1.48. The van der Waals surface area contributed by atoms with Gasteiger partial charge in [0.2, 0.25) is 5.95 Å². The molecule has 2 rings (SSSR count). The highest BCUT2D eigenvalue weighted by Gasteiger charge is 2.00. The van der Waals surface area contributed by atoms with E-state index in [1.165, 1.54) is 12.3 Å². The summed E-state index contributed by atoms with van der Waals surface area (Å²) in [4.78, 5) is 7.63. The number of aromatic nitrogens is 2. The predicted octanol–water partition coefficient (Wildman–Crippen LogP) is 3.02. The number of hydrogen-bond acceptors (Lipinski definition) is 2. The third-order valence-electron chi connectivity index (χ3n) is 2.01. The van der Waals surface area contributed by atoms with E-state index < -0.39 is 5.95 Å². The standard InChI is InChI=1S/C11H8ClFN2/c12-4-8-3-10(6-14-5-8)9-1-2-11(13)15-7-9/h1-3,5-7H,4H2. The maximum atomic E-state index is 12.6. The van der Waals surface area contributed by atoms with Gasteiger partial charge in [-0.15, -0.1) is 11.6 Å². The van der Waals surface area contributed by atoms with Gasteiger partial charge in [0.25, 0.3) is 0 Å². The first-order valence-corrected chi connectivity index (χ1v) is 4.95. The third kappa shape index (κ3) is 2.30. The molecule has 0 aliphatic heterocycles. The summed E-state index contributed by atoms with van der Waals surface area (Å²) in [5.41, 5.74) is 2.65. The molecule has 2 aromatic heterocycles. The number of hydrogen-bond donors (Lipinski definition) is 0. The smallest absolute Gasteiger partial charge is 0.212 e. The van der Waals surface area contributed by atoms with Crippen LogP contribution in [0.1, 0.15) is 5.56 Å². The Labute approximate surface area is 91.8 Å². The van der Waals surface area contributed by atoms with E-state index in [1.807, 2.05) is 6.07 Å². The monoisotopic (exact) mass is 222 g/mol. The Kier molecular flexibility index (Phi) is 2.92. The van der Waals surface area contributed by atoms with E-state index in [4.69, 9.17) is 11.6 Å². The molecule has 2 heterocycles. The SMILES string of the molecule is Fc1ccc(-c2cncc(CCl)c2)cn1. The molecule has 0 N–H and O–H groups in total. The second-order valence-corrected chi connectivity index (χ2v) is 3.35. The summed E-state index contributed by atoms with van der Waals surface area (Å²) in [6, 6.07) is 4.90. The van der Waals surface area contributed by atoms with Crippen LogP contribution in [-0.2, 0) is 5.88 Å². The first-order valence-electron chi connectivity index (χ1n) is 4.41. The normalized spacial score (nSPS) is 10.3. The number of rotatable bonds is 2. The third-order valence-corrected chi connectivity index (χ3v) is 2.32. The van der Waals surface area contributed by atoms with Gasteiger partial charge in [-0.05, 0) is 23.8 Å². The zero-order valence-electron chi connectivity index (χ0n) is 7.82. The van der Waals surface area contributed by atoms with Crippen molar-refractivity contribution in [3.63, 3.8) is 0 Å². The first-order chi connectivity index (χ1) is 7.29. The fourth-order valence-corrected chi connectivity index (χ4v) is 1.41. The molecule has 15 heavy (non-hydrogen) atoms. The van der Waals surface area contributed by atoms with E-state index in [9.17, 15) is 4.39 Å². The average Bonchev–Trinajstić information content (AvgIpc) is 2.30. The maximum absolute atomic E-state index is 12.6. The Morgan fingerprint density at radius 3 is 2.67 bits per heavy atom. The Morgan fingerprint density at radius 1 is 1.13 bits per heavy atom. The van der Waals surface area contributed by atoms with Crippen molar-refractivity contribution in [2.45, 2.75) is 5.88 Å². The molecular weight excluding hydrogens is 215 g/mol. The summed E-state index contributed by atoms with van der Waals surface area (Å²) >= 11 is 5.70. The quantitative estimate of drug-likeness (QED) is 0.577. The topological polar surface area (TPSA) is 25.8 Å². The van der Waals surface area contributed by atoms with E-state index in [-0.39, 0.29) is 0 Å². The molecule has 0 aromatic carbocycles. The Morgan fingerprint density at radius 2 is 2.00 bits per heavy atom. The molecule has 4 heteroatoms. The zero-order chi connectivity index (χ0) is 10.7. The number of nitrogens with zero attached hydrogens (tertiary/aromatic N) is 2. The lowest BCUT2D eigenvalue weighted by atomic mass is 10.1. The van der Waals surface area contributed by atoms with Gasteiger partial charge in [-0.3, -0.25) is 4.98 Å². The van der Waals surface area contributed by atoms with Crippen LogP contribution in [0.3, 0.4) is 0 Å². The second-order valence-electron chi connectivity index (χ2n) is 3.09. The van der Waals surface area contributed by atoms with Gasteiger partial charge in [0.05, 0.1) is 0 Å². The average molecular weight is 223 g/mol. The van der Waals surface area contributed by atoms with Crippen LogP contribution in [0.15, 0.2) is 36.8 Å². The molecule has 0 radical (unpaired) electrons. The van der Waals surface area contributed by atoms with Crippen LogP contribution in [0.5, 0.6) is 0 Å². The van der Waals surface area contributed by atoms with Crippen LogP contribution >= 0.6 is 11.6 Å². The van der Waals surface area contributed by atoms with Crippen LogP contribution in [0.4, 0.5) is 4.39 Å². The predicted molar refractivity (Wildman–Crippen MR) is 57.0 cm³/mol. The minimum absolute atomic E-state index is 0.412. The van der Waals surface area contributed by atoms with Gasteiger partial charge in [0.1, 0.15) is 0 Å². The summed E-state index contributed by atoms with van der Waals surface area (Å²) in [6.07, 6.45) is 4.88. The van der Waals surface area contributed by atoms with Crippen molar-refractivity contribution in [3.8, 4) is 11.1 Å². The van der Waals surface area contributed by atoms with Crippen molar-refractivity contribution in [2.75, 3.05) is 0 Å². The molecule has 0 saturated heterocycles. The lowest BCUT2D eigenvalue weighted by Crippen LogP contribution is -1.87. The van der Waals surface area contributed by atoms with Gasteiger partial charge >= 0.3 is 0 Å². The fraction of sp³-hybridized carbons (Fsp3) is 0.0909. The van der Waals surface area contributed by atoms with Gasteiger partial charge in [-0.1, -0.05) is 0 Å². The molecule has 0 aliphatic rings. The number of alkyl halides is 1. The van der Waals surface area contributed by atoms with Crippen LogP contribution in [0.2, 0.25) is 0 Å². The van der Waals surface area contributed by atoms with Crippen LogP contribution in [0, 0.1) is 5.95 Å². The highest BCUT2D eigenvalue weighted by atomic mass is 35.5. The van der Waals surface area contributed by atoms with Gasteiger partial charge in [-0.25, -0.2) is 4.98 Å². The second kappa shape index (κ2) is 4.36. The molecule has 0 fully saturated rings. The summed E-state index contributed by atoms with van der Waals surface area (Å²) < 4.78 is 12.6. The highest BCUT2D eigenvalue weighted by Crippen LogP contribution is 2.19. The van der Waals surface area contributed by atoms with Crippen molar-refractivity contribution in [1.29, 1.82) is 0 Å². The van der Waals surface area contributed by atoms with Crippen molar-refractivity contribution in [1.82, 2.24) is 9.97 Å². The number of halogens is 2. The van der Waals surface area contributed by atoms with Gasteiger partial charge < -0.3 is 0 Å². The van der Waals surface area contributed by atoms with E-state index in [0.29, 0.717) is 5.88 Å². The Balaban J connectivity index is 2.40.